The highest BCUT2D eigenvalue weighted by atomic mass is 35.5. The van der Waals surface area contributed by atoms with Crippen LogP contribution in [0.25, 0.3) is 11.3 Å². The molecule has 2 N–H and O–H groups in total. The average Bonchev–Trinajstić information content (AvgIpc) is 2.98. The SMILES string of the molecule is Cc1ccc(Cn2nc(C(N)=O)cc2-c2ccc(Cl)c(Cl)c2)cc1Cl. The lowest BCUT2D eigenvalue weighted by atomic mass is 10.1. The van der Waals surface area contributed by atoms with Gasteiger partial charge in [0.1, 0.15) is 0 Å². The minimum absolute atomic E-state index is 0.180. The topological polar surface area (TPSA) is 60.9 Å². The van der Waals surface area contributed by atoms with Crippen LogP contribution in [-0.2, 0) is 6.54 Å². The van der Waals surface area contributed by atoms with Gasteiger partial charge in [0.05, 0.1) is 22.3 Å². The smallest absolute Gasteiger partial charge is 0.269 e. The molecule has 0 unspecified atom stereocenters. The standard InChI is InChI=1S/C18H14Cl3N3O/c1-10-2-3-11(6-14(10)20)9-24-17(8-16(23-24)18(22)25)12-4-5-13(19)15(21)7-12/h2-8H,9H2,1H3,(H2,22,25). The quantitative estimate of drug-likeness (QED) is 0.679. The number of nitrogens with two attached hydrogens (primary N) is 1. The maximum atomic E-state index is 11.5. The Bertz CT molecular complexity index is 966. The maximum Gasteiger partial charge on any atom is 0.269 e. The Labute approximate surface area is 160 Å². The molecule has 128 valence electrons. The lowest BCUT2D eigenvalue weighted by molar-refractivity contribution is 0.0995. The number of hydrogen-bond acceptors (Lipinski definition) is 2. The fraction of sp³-hybridized carbons (Fsp3) is 0.111. The summed E-state index contributed by atoms with van der Waals surface area (Å²) < 4.78 is 1.70. The minimum Gasteiger partial charge on any atom is -0.364 e. The predicted octanol–water partition coefficient (Wildman–Crippen LogP) is 4.97. The van der Waals surface area contributed by atoms with Gasteiger partial charge in [0, 0.05) is 10.6 Å². The van der Waals surface area contributed by atoms with Crippen LogP contribution in [0, 0.1) is 6.92 Å². The highest BCUT2D eigenvalue weighted by Gasteiger charge is 2.15. The van der Waals surface area contributed by atoms with Crippen molar-refractivity contribution in [1.29, 1.82) is 0 Å². The first-order valence-corrected chi connectivity index (χ1v) is 8.56. The maximum absolute atomic E-state index is 11.5. The monoisotopic (exact) mass is 393 g/mol. The molecule has 0 saturated carbocycles. The zero-order valence-electron chi connectivity index (χ0n) is 13.3. The summed E-state index contributed by atoms with van der Waals surface area (Å²) in [4.78, 5) is 11.5. The summed E-state index contributed by atoms with van der Waals surface area (Å²) in [7, 11) is 0. The van der Waals surface area contributed by atoms with Gasteiger partial charge in [-0.05, 0) is 42.3 Å². The summed E-state index contributed by atoms with van der Waals surface area (Å²) in [6, 6.07) is 12.7. The highest BCUT2D eigenvalue weighted by Crippen LogP contribution is 2.29. The number of hydrogen-bond donors (Lipinski definition) is 1. The van der Waals surface area contributed by atoms with Crippen LogP contribution in [0.15, 0.2) is 42.5 Å². The largest absolute Gasteiger partial charge is 0.364 e. The first-order chi connectivity index (χ1) is 11.8. The van der Waals surface area contributed by atoms with E-state index in [4.69, 9.17) is 40.5 Å². The number of primary amides is 1. The molecule has 7 heteroatoms. The van der Waals surface area contributed by atoms with E-state index in [0.29, 0.717) is 27.3 Å². The molecule has 0 atom stereocenters. The summed E-state index contributed by atoms with van der Waals surface area (Å²) in [6.45, 7) is 2.37. The van der Waals surface area contributed by atoms with E-state index in [0.717, 1.165) is 16.7 Å². The summed E-state index contributed by atoms with van der Waals surface area (Å²) in [6.07, 6.45) is 0. The van der Waals surface area contributed by atoms with Crippen LogP contribution < -0.4 is 5.73 Å². The molecule has 1 heterocycles. The van der Waals surface area contributed by atoms with Crippen molar-refractivity contribution in [3.63, 3.8) is 0 Å². The summed E-state index contributed by atoms with van der Waals surface area (Å²) in [5.74, 6) is -0.595. The van der Waals surface area contributed by atoms with Gasteiger partial charge in [-0.2, -0.15) is 5.10 Å². The highest BCUT2D eigenvalue weighted by molar-refractivity contribution is 6.42. The van der Waals surface area contributed by atoms with Gasteiger partial charge < -0.3 is 5.73 Å². The molecule has 0 saturated heterocycles. The Kier molecular flexibility index (Phi) is 5.04. The second kappa shape index (κ2) is 7.08. The molecule has 0 bridgehead atoms. The molecule has 0 aliphatic rings. The van der Waals surface area contributed by atoms with Gasteiger partial charge in [0.15, 0.2) is 5.69 Å². The molecule has 0 aliphatic heterocycles. The minimum atomic E-state index is -0.595. The van der Waals surface area contributed by atoms with Crippen LogP contribution >= 0.6 is 34.8 Å². The van der Waals surface area contributed by atoms with E-state index in [1.807, 2.05) is 31.2 Å². The van der Waals surface area contributed by atoms with Crippen molar-refractivity contribution in [2.45, 2.75) is 13.5 Å². The fourth-order valence-corrected chi connectivity index (χ4v) is 2.95. The molecule has 4 nitrogen and oxygen atoms in total. The lowest BCUT2D eigenvalue weighted by Gasteiger charge is -2.09. The second-order valence-corrected chi connectivity index (χ2v) is 6.87. The van der Waals surface area contributed by atoms with Crippen LogP contribution in [0.3, 0.4) is 0 Å². The van der Waals surface area contributed by atoms with Gasteiger partial charge in [0.25, 0.3) is 5.91 Å². The number of aryl methyl sites for hydroxylation is 1. The Hall–Kier alpha value is -2.01. The summed E-state index contributed by atoms with van der Waals surface area (Å²) in [5, 5.41) is 5.86. The number of carbonyl (C=O) groups is 1. The summed E-state index contributed by atoms with van der Waals surface area (Å²) >= 11 is 18.3. The molecule has 0 aliphatic carbocycles. The lowest BCUT2D eigenvalue weighted by Crippen LogP contribution is -2.13. The Morgan fingerprint density at radius 2 is 1.80 bits per heavy atom. The molecule has 25 heavy (non-hydrogen) atoms. The van der Waals surface area contributed by atoms with Crippen molar-refractivity contribution >= 4 is 40.7 Å². The zero-order chi connectivity index (χ0) is 18.1. The molecule has 0 radical (unpaired) electrons. The van der Waals surface area contributed by atoms with Gasteiger partial charge in [0.2, 0.25) is 0 Å². The van der Waals surface area contributed by atoms with Crippen molar-refractivity contribution in [1.82, 2.24) is 9.78 Å². The number of benzene rings is 2. The van der Waals surface area contributed by atoms with Crippen molar-refractivity contribution < 1.29 is 4.79 Å². The van der Waals surface area contributed by atoms with Gasteiger partial charge in [-0.3, -0.25) is 9.48 Å². The Morgan fingerprint density at radius 1 is 1.04 bits per heavy atom. The van der Waals surface area contributed by atoms with E-state index in [-0.39, 0.29) is 5.69 Å². The Balaban J connectivity index is 2.06. The molecule has 1 amide bonds. The van der Waals surface area contributed by atoms with Crippen molar-refractivity contribution in [2.75, 3.05) is 0 Å². The molecule has 0 fully saturated rings. The third-order valence-electron chi connectivity index (χ3n) is 3.82. The third-order valence-corrected chi connectivity index (χ3v) is 4.96. The predicted molar refractivity (Wildman–Crippen MR) is 101 cm³/mol. The summed E-state index contributed by atoms with van der Waals surface area (Å²) in [5.41, 5.74) is 9.01. The Morgan fingerprint density at radius 3 is 2.44 bits per heavy atom. The molecule has 2 aromatic carbocycles. The third kappa shape index (κ3) is 3.82. The van der Waals surface area contributed by atoms with E-state index >= 15 is 0 Å². The number of carbonyl (C=O) groups excluding carboxylic acids is 1. The van der Waals surface area contributed by atoms with Crippen LogP contribution in [0.1, 0.15) is 21.6 Å². The average molecular weight is 395 g/mol. The molecule has 3 rings (SSSR count). The van der Waals surface area contributed by atoms with E-state index in [9.17, 15) is 4.79 Å². The van der Waals surface area contributed by atoms with Gasteiger partial charge in [-0.15, -0.1) is 0 Å². The second-order valence-electron chi connectivity index (χ2n) is 5.65. The van der Waals surface area contributed by atoms with Crippen molar-refractivity contribution in [2.24, 2.45) is 5.73 Å². The normalized spacial score (nSPS) is 10.9. The number of aromatic nitrogens is 2. The zero-order valence-corrected chi connectivity index (χ0v) is 15.5. The first-order valence-electron chi connectivity index (χ1n) is 7.43. The van der Waals surface area contributed by atoms with Crippen molar-refractivity contribution in [3.8, 4) is 11.3 Å². The number of nitrogens with zero attached hydrogens (tertiary/aromatic N) is 2. The number of rotatable bonds is 4. The van der Waals surface area contributed by atoms with E-state index in [1.165, 1.54) is 0 Å². The molecule has 1 aromatic heterocycles. The van der Waals surface area contributed by atoms with Crippen LogP contribution in [0.4, 0.5) is 0 Å². The molecular formula is C18H14Cl3N3O. The van der Waals surface area contributed by atoms with Gasteiger partial charge in [-0.25, -0.2) is 0 Å². The van der Waals surface area contributed by atoms with Crippen molar-refractivity contribution in [3.05, 3.63) is 74.4 Å². The molecule has 3 aromatic rings. The van der Waals surface area contributed by atoms with Crippen LogP contribution in [0.5, 0.6) is 0 Å². The van der Waals surface area contributed by atoms with E-state index in [2.05, 4.69) is 5.10 Å². The molecular weight excluding hydrogens is 381 g/mol. The first kappa shape index (κ1) is 17.8. The van der Waals surface area contributed by atoms with Gasteiger partial charge in [-0.1, -0.05) is 53.0 Å². The van der Waals surface area contributed by atoms with Gasteiger partial charge >= 0.3 is 0 Å². The van der Waals surface area contributed by atoms with E-state index in [1.54, 1.807) is 22.9 Å². The van der Waals surface area contributed by atoms with E-state index < -0.39 is 5.91 Å². The number of halogens is 3. The van der Waals surface area contributed by atoms with Crippen LogP contribution in [-0.4, -0.2) is 15.7 Å². The fourth-order valence-electron chi connectivity index (χ4n) is 2.45. The number of amides is 1. The van der Waals surface area contributed by atoms with Crippen LogP contribution in [0.2, 0.25) is 15.1 Å². The molecule has 0 spiro atoms.